The second kappa shape index (κ2) is 7.48. The standard InChI is InChI=1S/C21H25N5O/c1-3-25(2)20-9-11-23-21(24-20)26-13-16(19(27)14-26)12-15-8-10-22-18-7-5-4-6-17(15)18/h4-11,16,19,27H,3,12-14H2,1-2H3/t16-,19+/m1/s1. The third-order valence-corrected chi connectivity index (χ3v) is 5.40. The maximum Gasteiger partial charge on any atom is 0.227 e. The lowest BCUT2D eigenvalue weighted by molar-refractivity contribution is 0.148. The minimum Gasteiger partial charge on any atom is -0.391 e. The molecule has 140 valence electrons. The van der Waals surface area contributed by atoms with Gasteiger partial charge in [-0.2, -0.15) is 4.98 Å². The van der Waals surface area contributed by atoms with Gasteiger partial charge in [-0.1, -0.05) is 18.2 Å². The van der Waals surface area contributed by atoms with Crippen molar-refractivity contribution in [1.29, 1.82) is 0 Å². The van der Waals surface area contributed by atoms with Crippen LogP contribution in [-0.4, -0.2) is 52.8 Å². The van der Waals surface area contributed by atoms with Crippen LogP contribution in [0, 0.1) is 5.92 Å². The van der Waals surface area contributed by atoms with Crippen molar-refractivity contribution in [1.82, 2.24) is 15.0 Å². The molecule has 2 aromatic heterocycles. The Kier molecular flexibility index (Phi) is 4.90. The summed E-state index contributed by atoms with van der Waals surface area (Å²) >= 11 is 0. The van der Waals surface area contributed by atoms with Gasteiger partial charge < -0.3 is 14.9 Å². The van der Waals surface area contributed by atoms with Crippen LogP contribution in [-0.2, 0) is 6.42 Å². The van der Waals surface area contributed by atoms with E-state index in [9.17, 15) is 5.11 Å². The molecule has 4 rings (SSSR count). The van der Waals surface area contributed by atoms with Gasteiger partial charge in [0.25, 0.3) is 0 Å². The van der Waals surface area contributed by atoms with Gasteiger partial charge >= 0.3 is 0 Å². The molecular weight excluding hydrogens is 338 g/mol. The number of pyridine rings is 1. The van der Waals surface area contributed by atoms with Crippen molar-refractivity contribution < 1.29 is 5.11 Å². The van der Waals surface area contributed by atoms with E-state index in [2.05, 4.69) is 43.8 Å². The molecule has 0 saturated carbocycles. The maximum atomic E-state index is 10.7. The van der Waals surface area contributed by atoms with Crippen LogP contribution in [0.1, 0.15) is 12.5 Å². The van der Waals surface area contributed by atoms with Crippen molar-refractivity contribution >= 4 is 22.7 Å². The van der Waals surface area contributed by atoms with Crippen molar-refractivity contribution in [3.8, 4) is 0 Å². The molecular formula is C21H25N5O. The zero-order chi connectivity index (χ0) is 18.8. The van der Waals surface area contributed by atoms with E-state index in [1.165, 1.54) is 5.56 Å². The molecule has 0 amide bonds. The zero-order valence-corrected chi connectivity index (χ0v) is 15.8. The molecule has 2 atom stereocenters. The smallest absolute Gasteiger partial charge is 0.227 e. The van der Waals surface area contributed by atoms with Crippen LogP contribution in [0.3, 0.4) is 0 Å². The van der Waals surface area contributed by atoms with E-state index in [0.29, 0.717) is 12.5 Å². The Bertz CT molecular complexity index is 926. The molecule has 3 heterocycles. The van der Waals surface area contributed by atoms with Crippen LogP contribution in [0.4, 0.5) is 11.8 Å². The molecule has 0 radical (unpaired) electrons. The van der Waals surface area contributed by atoms with Crippen LogP contribution in [0.15, 0.2) is 48.8 Å². The number of nitrogens with zero attached hydrogens (tertiary/aromatic N) is 5. The Morgan fingerprint density at radius 1 is 1.11 bits per heavy atom. The van der Waals surface area contributed by atoms with E-state index >= 15 is 0 Å². The Morgan fingerprint density at radius 2 is 1.93 bits per heavy atom. The van der Waals surface area contributed by atoms with Gasteiger partial charge in [0, 0.05) is 50.4 Å². The monoisotopic (exact) mass is 363 g/mol. The molecule has 6 heteroatoms. The second-order valence-corrected chi connectivity index (χ2v) is 7.15. The number of hydrogen-bond donors (Lipinski definition) is 1. The largest absolute Gasteiger partial charge is 0.391 e. The first kappa shape index (κ1) is 17.7. The highest BCUT2D eigenvalue weighted by Crippen LogP contribution is 2.27. The average molecular weight is 363 g/mol. The summed E-state index contributed by atoms with van der Waals surface area (Å²) in [6, 6.07) is 12.1. The highest BCUT2D eigenvalue weighted by atomic mass is 16.3. The summed E-state index contributed by atoms with van der Waals surface area (Å²) < 4.78 is 0. The molecule has 1 saturated heterocycles. The van der Waals surface area contributed by atoms with Crippen LogP contribution in [0.5, 0.6) is 0 Å². The van der Waals surface area contributed by atoms with Gasteiger partial charge in [-0.15, -0.1) is 0 Å². The third kappa shape index (κ3) is 3.57. The number of aromatic nitrogens is 3. The van der Waals surface area contributed by atoms with E-state index in [-0.39, 0.29) is 5.92 Å². The van der Waals surface area contributed by atoms with Crippen LogP contribution < -0.4 is 9.80 Å². The molecule has 6 nitrogen and oxygen atoms in total. The summed E-state index contributed by atoms with van der Waals surface area (Å²) in [4.78, 5) is 17.7. The SMILES string of the molecule is CCN(C)c1ccnc(N2C[C@@H](Cc3ccnc4ccccc34)[C@@H](O)C2)n1. The Labute approximate surface area is 159 Å². The van der Waals surface area contributed by atoms with Gasteiger partial charge in [0.15, 0.2) is 0 Å². The molecule has 1 N–H and O–H groups in total. The fourth-order valence-corrected chi connectivity index (χ4v) is 3.70. The Balaban J connectivity index is 1.53. The number of para-hydroxylation sites is 1. The van der Waals surface area contributed by atoms with Crippen molar-refractivity contribution in [2.24, 2.45) is 5.92 Å². The topological polar surface area (TPSA) is 65.4 Å². The van der Waals surface area contributed by atoms with Crippen LogP contribution in [0.25, 0.3) is 10.9 Å². The maximum absolute atomic E-state index is 10.7. The summed E-state index contributed by atoms with van der Waals surface area (Å²) in [6.07, 6.45) is 4.06. The van der Waals surface area contributed by atoms with E-state index in [1.54, 1.807) is 6.20 Å². The number of aliphatic hydroxyl groups excluding tert-OH is 1. The highest BCUT2D eigenvalue weighted by molar-refractivity contribution is 5.81. The number of rotatable bonds is 5. The van der Waals surface area contributed by atoms with Crippen LogP contribution >= 0.6 is 0 Å². The highest BCUT2D eigenvalue weighted by Gasteiger charge is 2.33. The third-order valence-electron chi connectivity index (χ3n) is 5.40. The lowest BCUT2D eigenvalue weighted by atomic mass is 9.94. The number of aliphatic hydroxyl groups is 1. The molecule has 0 spiro atoms. The molecule has 3 aromatic rings. The summed E-state index contributed by atoms with van der Waals surface area (Å²) in [6.45, 7) is 4.29. The molecule has 1 aliphatic rings. The van der Waals surface area contributed by atoms with Gasteiger partial charge in [0.1, 0.15) is 5.82 Å². The number of anilines is 2. The van der Waals surface area contributed by atoms with Crippen molar-refractivity contribution in [3.63, 3.8) is 0 Å². The van der Waals surface area contributed by atoms with E-state index in [1.807, 2.05) is 37.5 Å². The molecule has 0 unspecified atom stereocenters. The van der Waals surface area contributed by atoms with Crippen molar-refractivity contribution in [2.45, 2.75) is 19.4 Å². The first-order chi connectivity index (χ1) is 13.2. The number of hydrogen-bond acceptors (Lipinski definition) is 6. The van der Waals surface area contributed by atoms with E-state index in [4.69, 9.17) is 0 Å². The fraction of sp³-hybridized carbons (Fsp3) is 0.381. The molecule has 1 aliphatic heterocycles. The van der Waals surface area contributed by atoms with Gasteiger partial charge in [0.2, 0.25) is 5.95 Å². The van der Waals surface area contributed by atoms with E-state index < -0.39 is 6.10 Å². The fourth-order valence-electron chi connectivity index (χ4n) is 3.70. The Hall–Kier alpha value is -2.73. The van der Waals surface area contributed by atoms with Crippen LogP contribution in [0.2, 0.25) is 0 Å². The minimum absolute atomic E-state index is 0.145. The molecule has 1 aromatic carbocycles. The predicted molar refractivity (Wildman–Crippen MR) is 108 cm³/mol. The van der Waals surface area contributed by atoms with Crippen molar-refractivity contribution in [2.75, 3.05) is 36.5 Å². The summed E-state index contributed by atoms with van der Waals surface area (Å²) in [5.74, 6) is 1.74. The lowest BCUT2D eigenvalue weighted by Crippen LogP contribution is -2.25. The van der Waals surface area contributed by atoms with Crippen molar-refractivity contribution in [3.05, 3.63) is 54.4 Å². The Morgan fingerprint density at radius 3 is 2.78 bits per heavy atom. The summed E-state index contributed by atoms with van der Waals surface area (Å²) in [5.41, 5.74) is 2.23. The first-order valence-corrected chi connectivity index (χ1v) is 9.45. The lowest BCUT2D eigenvalue weighted by Gasteiger charge is -2.20. The molecule has 1 fully saturated rings. The normalized spacial score (nSPS) is 19.6. The van der Waals surface area contributed by atoms with Gasteiger partial charge in [-0.05, 0) is 37.1 Å². The average Bonchev–Trinajstić information content (AvgIpc) is 3.08. The summed E-state index contributed by atoms with van der Waals surface area (Å²) in [7, 11) is 2.02. The molecule has 0 bridgehead atoms. The summed E-state index contributed by atoms with van der Waals surface area (Å²) in [5, 5.41) is 11.8. The molecule has 0 aliphatic carbocycles. The predicted octanol–water partition coefficient (Wildman–Crippen LogP) is 2.52. The zero-order valence-electron chi connectivity index (χ0n) is 15.8. The van der Waals surface area contributed by atoms with Gasteiger partial charge in [-0.3, -0.25) is 4.98 Å². The number of β-amino-alcohol motifs (C(OH)–C–C–N with tert-alkyl or cyclic N) is 1. The number of benzene rings is 1. The van der Waals surface area contributed by atoms with E-state index in [0.717, 1.165) is 36.2 Å². The quantitative estimate of drug-likeness (QED) is 0.751. The van der Waals surface area contributed by atoms with Gasteiger partial charge in [0.05, 0.1) is 11.6 Å². The minimum atomic E-state index is -0.395. The number of fused-ring (bicyclic) bond motifs is 1. The first-order valence-electron chi connectivity index (χ1n) is 9.45. The second-order valence-electron chi connectivity index (χ2n) is 7.15. The molecule has 27 heavy (non-hydrogen) atoms. The van der Waals surface area contributed by atoms with Gasteiger partial charge in [-0.25, -0.2) is 4.98 Å².